The van der Waals surface area contributed by atoms with Gasteiger partial charge in [0.1, 0.15) is 5.69 Å². The molecule has 0 unspecified atom stereocenters. The lowest BCUT2D eigenvalue weighted by Crippen LogP contribution is -2.27. The van der Waals surface area contributed by atoms with Crippen LogP contribution in [0.3, 0.4) is 0 Å². The predicted molar refractivity (Wildman–Crippen MR) is 63.5 cm³/mol. The standard InChI is InChI=1S/C12H16N4O/c1-16-8-2-3-10(16)12-14-11(15-17-12)9-4-6-13-7-5-9/h2-3,8-9,13H,4-7H2,1H3. The molecule has 1 fully saturated rings. The third-order valence-electron chi connectivity index (χ3n) is 3.31. The van der Waals surface area contributed by atoms with Crippen molar-refractivity contribution in [2.75, 3.05) is 13.1 Å². The van der Waals surface area contributed by atoms with E-state index in [1.807, 2.05) is 29.9 Å². The van der Waals surface area contributed by atoms with Gasteiger partial charge in [-0.2, -0.15) is 4.98 Å². The maximum atomic E-state index is 5.34. The van der Waals surface area contributed by atoms with E-state index in [1.165, 1.54) is 0 Å². The van der Waals surface area contributed by atoms with Crippen LogP contribution in [0.1, 0.15) is 24.6 Å². The Balaban J connectivity index is 1.85. The lowest BCUT2D eigenvalue weighted by atomic mass is 9.98. The Morgan fingerprint density at radius 3 is 2.94 bits per heavy atom. The minimum absolute atomic E-state index is 0.439. The maximum absolute atomic E-state index is 5.34. The second kappa shape index (κ2) is 4.33. The summed E-state index contributed by atoms with van der Waals surface area (Å²) in [6.07, 6.45) is 4.15. The number of nitrogens with zero attached hydrogens (tertiary/aromatic N) is 3. The minimum atomic E-state index is 0.439. The molecule has 17 heavy (non-hydrogen) atoms. The summed E-state index contributed by atoms with van der Waals surface area (Å²) in [4.78, 5) is 4.51. The van der Waals surface area contributed by atoms with E-state index in [1.54, 1.807) is 0 Å². The summed E-state index contributed by atoms with van der Waals surface area (Å²) < 4.78 is 7.33. The van der Waals surface area contributed by atoms with Crippen molar-refractivity contribution < 1.29 is 4.52 Å². The number of hydrogen-bond donors (Lipinski definition) is 1. The topological polar surface area (TPSA) is 55.9 Å². The largest absolute Gasteiger partial charge is 0.347 e. The highest BCUT2D eigenvalue weighted by Crippen LogP contribution is 2.25. The quantitative estimate of drug-likeness (QED) is 0.853. The molecule has 2 aromatic rings. The van der Waals surface area contributed by atoms with Crippen LogP contribution in [0.2, 0.25) is 0 Å². The van der Waals surface area contributed by atoms with E-state index in [-0.39, 0.29) is 0 Å². The van der Waals surface area contributed by atoms with Crippen molar-refractivity contribution in [1.82, 2.24) is 20.0 Å². The molecule has 0 saturated carbocycles. The van der Waals surface area contributed by atoms with Crippen molar-refractivity contribution >= 4 is 0 Å². The van der Waals surface area contributed by atoms with E-state index < -0.39 is 0 Å². The maximum Gasteiger partial charge on any atom is 0.274 e. The first-order valence-corrected chi connectivity index (χ1v) is 6.00. The molecule has 1 aliphatic rings. The number of hydrogen-bond acceptors (Lipinski definition) is 4. The summed E-state index contributed by atoms with van der Waals surface area (Å²) in [6.45, 7) is 2.08. The van der Waals surface area contributed by atoms with Crippen LogP contribution in [0.15, 0.2) is 22.9 Å². The molecule has 0 amide bonds. The van der Waals surface area contributed by atoms with Gasteiger partial charge in [-0.05, 0) is 38.1 Å². The van der Waals surface area contributed by atoms with Crippen LogP contribution in [-0.2, 0) is 7.05 Å². The lowest BCUT2D eigenvalue weighted by molar-refractivity contribution is 0.391. The Hall–Kier alpha value is -1.62. The SMILES string of the molecule is Cn1cccc1-c1nc(C2CCNCC2)no1. The molecule has 5 heteroatoms. The predicted octanol–water partition coefficient (Wildman–Crippen LogP) is 1.54. The number of aryl methyl sites for hydroxylation is 1. The molecule has 1 saturated heterocycles. The van der Waals surface area contributed by atoms with Gasteiger partial charge < -0.3 is 14.4 Å². The molecule has 0 spiro atoms. The molecule has 5 nitrogen and oxygen atoms in total. The zero-order valence-electron chi connectivity index (χ0n) is 9.89. The third kappa shape index (κ3) is 1.98. The van der Waals surface area contributed by atoms with Crippen molar-refractivity contribution in [3.05, 3.63) is 24.2 Å². The zero-order chi connectivity index (χ0) is 11.7. The van der Waals surface area contributed by atoms with E-state index in [0.717, 1.165) is 37.4 Å². The molecule has 0 atom stereocenters. The number of nitrogens with one attached hydrogen (secondary N) is 1. The summed E-state index contributed by atoms with van der Waals surface area (Å²) >= 11 is 0. The first-order chi connectivity index (χ1) is 8.34. The summed E-state index contributed by atoms with van der Waals surface area (Å²) in [5, 5.41) is 7.45. The average Bonchev–Trinajstić information content (AvgIpc) is 2.98. The van der Waals surface area contributed by atoms with Crippen molar-refractivity contribution in [1.29, 1.82) is 0 Å². The Bertz CT molecular complexity index is 496. The van der Waals surface area contributed by atoms with Crippen LogP contribution in [0.25, 0.3) is 11.6 Å². The molecule has 2 aromatic heterocycles. The van der Waals surface area contributed by atoms with Crippen LogP contribution < -0.4 is 5.32 Å². The second-order valence-electron chi connectivity index (χ2n) is 4.49. The van der Waals surface area contributed by atoms with Crippen LogP contribution in [0.5, 0.6) is 0 Å². The molecule has 0 radical (unpaired) electrons. The van der Waals surface area contributed by atoms with Crippen LogP contribution in [0, 0.1) is 0 Å². The molecular formula is C12H16N4O. The normalized spacial score (nSPS) is 17.5. The molecule has 0 aromatic carbocycles. The average molecular weight is 232 g/mol. The molecule has 0 bridgehead atoms. The first-order valence-electron chi connectivity index (χ1n) is 6.00. The molecule has 1 aliphatic heterocycles. The van der Waals surface area contributed by atoms with Crippen molar-refractivity contribution in [2.24, 2.45) is 7.05 Å². The van der Waals surface area contributed by atoms with Crippen LogP contribution >= 0.6 is 0 Å². The highest BCUT2D eigenvalue weighted by Gasteiger charge is 2.21. The molecular weight excluding hydrogens is 216 g/mol. The Morgan fingerprint density at radius 2 is 2.24 bits per heavy atom. The van der Waals surface area contributed by atoms with E-state index in [4.69, 9.17) is 4.52 Å². The van der Waals surface area contributed by atoms with E-state index in [2.05, 4.69) is 15.5 Å². The van der Waals surface area contributed by atoms with Crippen LogP contribution in [0.4, 0.5) is 0 Å². The Kier molecular flexibility index (Phi) is 2.68. The van der Waals surface area contributed by atoms with Crippen molar-refractivity contribution in [2.45, 2.75) is 18.8 Å². The molecule has 3 heterocycles. The van der Waals surface area contributed by atoms with Gasteiger partial charge in [0.15, 0.2) is 5.82 Å². The molecule has 0 aliphatic carbocycles. The fourth-order valence-corrected chi connectivity index (χ4v) is 2.27. The molecule has 3 rings (SSSR count). The van der Waals surface area contributed by atoms with Gasteiger partial charge in [0.05, 0.1) is 0 Å². The Labute approximate surface area is 99.8 Å². The smallest absolute Gasteiger partial charge is 0.274 e. The van der Waals surface area contributed by atoms with Crippen molar-refractivity contribution in [3.63, 3.8) is 0 Å². The number of piperidine rings is 1. The monoisotopic (exact) mass is 232 g/mol. The number of aromatic nitrogens is 3. The third-order valence-corrected chi connectivity index (χ3v) is 3.31. The first kappa shape index (κ1) is 10.5. The van der Waals surface area contributed by atoms with Gasteiger partial charge in [0.25, 0.3) is 5.89 Å². The minimum Gasteiger partial charge on any atom is -0.347 e. The van der Waals surface area contributed by atoms with Gasteiger partial charge in [-0.3, -0.25) is 0 Å². The Morgan fingerprint density at radius 1 is 1.41 bits per heavy atom. The highest BCUT2D eigenvalue weighted by atomic mass is 16.5. The zero-order valence-corrected chi connectivity index (χ0v) is 9.89. The van der Waals surface area contributed by atoms with E-state index in [9.17, 15) is 0 Å². The molecule has 90 valence electrons. The van der Waals surface area contributed by atoms with Gasteiger partial charge in [-0.1, -0.05) is 5.16 Å². The van der Waals surface area contributed by atoms with E-state index >= 15 is 0 Å². The fourth-order valence-electron chi connectivity index (χ4n) is 2.27. The summed E-state index contributed by atoms with van der Waals surface area (Å²) in [5.74, 6) is 1.91. The lowest BCUT2D eigenvalue weighted by Gasteiger charge is -2.18. The number of rotatable bonds is 2. The highest BCUT2D eigenvalue weighted by molar-refractivity contribution is 5.47. The van der Waals surface area contributed by atoms with Gasteiger partial charge in [0.2, 0.25) is 0 Å². The van der Waals surface area contributed by atoms with Gasteiger partial charge in [-0.25, -0.2) is 0 Å². The van der Waals surface area contributed by atoms with Gasteiger partial charge in [-0.15, -0.1) is 0 Å². The van der Waals surface area contributed by atoms with Gasteiger partial charge >= 0.3 is 0 Å². The molecule has 1 N–H and O–H groups in total. The fraction of sp³-hybridized carbons (Fsp3) is 0.500. The van der Waals surface area contributed by atoms with E-state index in [0.29, 0.717) is 11.8 Å². The van der Waals surface area contributed by atoms with Crippen LogP contribution in [-0.4, -0.2) is 27.8 Å². The van der Waals surface area contributed by atoms with Gasteiger partial charge in [0, 0.05) is 19.2 Å². The van der Waals surface area contributed by atoms with Crippen molar-refractivity contribution in [3.8, 4) is 11.6 Å². The summed E-state index contributed by atoms with van der Waals surface area (Å²) in [7, 11) is 1.98. The summed E-state index contributed by atoms with van der Waals surface area (Å²) in [6, 6.07) is 3.96. The second-order valence-corrected chi connectivity index (χ2v) is 4.49. The summed E-state index contributed by atoms with van der Waals surface area (Å²) in [5.41, 5.74) is 0.970.